The molecule has 2 N–H and O–H groups in total. The predicted octanol–water partition coefficient (Wildman–Crippen LogP) is 2.49. The summed E-state index contributed by atoms with van der Waals surface area (Å²) in [6, 6.07) is 11.4. The largest absolute Gasteiger partial charge is 0.326 e. The highest BCUT2D eigenvalue weighted by Crippen LogP contribution is 2.27. The fourth-order valence-corrected chi connectivity index (χ4v) is 2.79. The molecule has 2 rings (SSSR count). The van der Waals surface area contributed by atoms with Crippen LogP contribution in [0.1, 0.15) is 26.3 Å². The third-order valence-corrected chi connectivity index (χ3v) is 4.39. The van der Waals surface area contributed by atoms with E-state index >= 15 is 0 Å². The molecular formula is C15H24N2. The highest BCUT2D eigenvalue weighted by atomic mass is 15.2. The Hall–Kier alpha value is -0.860. The van der Waals surface area contributed by atoms with E-state index in [0.717, 1.165) is 13.1 Å². The second kappa shape index (κ2) is 5.19. The minimum atomic E-state index is 0.294. The first-order valence-electron chi connectivity index (χ1n) is 6.63. The van der Waals surface area contributed by atoms with Crippen molar-refractivity contribution in [2.75, 3.05) is 6.54 Å². The topological polar surface area (TPSA) is 29.3 Å². The van der Waals surface area contributed by atoms with Gasteiger partial charge in [0.1, 0.15) is 0 Å². The van der Waals surface area contributed by atoms with E-state index in [1.807, 2.05) is 0 Å². The first kappa shape index (κ1) is 12.6. The summed E-state index contributed by atoms with van der Waals surface area (Å²) in [5.41, 5.74) is 7.70. The highest BCUT2D eigenvalue weighted by Gasteiger charge is 2.34. The van der Waals surface area contributed by atoms with Gasteiger partial charge in [-0.15, -0.1) is 0 Å². The summed E-state index contributed by atoms with van der Waals surface area (Å²) in [5.74, 6) is 1.31. The lowest BCUT2D eigenvalue weighted by molar-refractivity contribution is 0.0586. The number of hydrogen-bond acceptors (Lipinski definition) is 2. The third kappa shape index (κ3) is 2.70. The number of nitrogens with two attached hydrogens (primary N) is 1. The lowest BCUT2D eigenvalue weighted by Gasteiger charge is -2.45. The van der Waals surface area contributed by atoms with E-state index in [9.17, 15) is 0 Å². The molecule has 0 spiro atoms. The van der Waals surface area contributed by atoms with Crippen LogP contribution < -0.4 is 5.73 Å². The van der Waals surface area contributed by atoms with Crippen LogP contribution in [0.2, 0.25) is 0 Å². The molecule has 1 aliphatic rings. The fourth-order valence-electron chi connectivity index (χ4n) is 2.79. The van der Waals surface area contributed by atoms with Gasteiger partial charge in [0.25, 0.3) is 0 Å². The number of likely N-dealkylation sites (tertiary alicyclic amines) is 1. The summed E-state index contributed by atoms with van der Waals surface area (Å²) in [4.78, 5) is 2.52. The maximum absolute atomic E-state index is 6.31. The Balaban J connectivity index is 2.06. The molecule has 2 nitrogen and oxygen atoms in total. The van der Waals surface area contributed by atoms with E-state index in [0.29, 0.717) is 23.9 Å². The van der Waals surface area contributed by atoms with Gasteiger partial charge < -0.3 is 5.73 Å². The van der Waals surface area contributed by atoms with Gasteiger partial charge in [-0.3, -0.25) is 4.90 Å². The molecule has 1 aromatic rings. The second-order valence-electron chi connectivity index (χ2n) is 5.57. The van der Waals surface area contributed by atoms with Crippen LogP contribution in [0.4, 0.5) is 0 Å². The van der Waals surface area contributed by atoms with E-state index in [4.69, 9.17) is 5.73 Å². The van der Waals surface area contributed by atoms with Crippen molar-refractivity contribution in [2.45, 2.75) is 39.4 Å². The maximum atomic E-state index is 6.31. The first-order chi connectivity index (χ1) is 8.09. The van der Waals surface area contributed by atoms with Crippen molar-refractivity contribution < 1.29 is 0 Å². The van der Waals surface area contributed by atoms with Gasteiger partial charge in [-0.05, 0) is 24.3 Å². The summed E-state index contributed by atoms with van der Waals surface area (Å²) in [7, 11) is 0. The molecule has 2 heteroatoms. The van der Waals surface area contributed by atoms with Gasteiger partial charge in [0.2, 0.25) is 0 Å². The maximum Gasteiger partial charge on any atom is 0.0237 e. The number of benzene rings is 1. The van der Waals surface area contributed by atoms with E-state index in [1.54, 1.807) is 0 Å². The zero-order chi connectivity index (χ0) is 12.4. The van der Waals surface area contributed by atoms with Crippen LogP contribution in [0, 0.1) is 11.8 Å². The minimum absolute atomic E-state index is 0.294. The summed E-state index contributed by atoms with van der Waals surface area (Å²) in [5, 5.41) is 0. The van der Waals surface area contributed by atoms with Gasteiger partial charge in [0.15, 0.2) is 0 Å². The molecule has 94 valence electrons. The molecule has 4 atom stereocenters. The smallest absolute Gasteiger partial charge is 0.0237 e. The molecule has 0 bridgehead atoms. The van der Waals surface area contributed by atoms with Crippen LogP contribution in [0.3, 0.4) is 0 Å². The van der Waals surface area contributed by atoms with Gasteiger partial charge >= 0.3 is 0 Å². The van der Waals surface area contributed by atoms with Gasteiger partial charge in [0.05, 0.1) is 0 Å². The predicted molar refractivity (Wildman–Crippen MR) is 72.6 cm³/mol. The van der Waals surface area contributed by atoms with Crippen LogP contribution >= 0.6 is 0 Å². The molecule has 1 aliphatic heterocycles. The Morgan fingerprint density at radius 3 is 2.47 bits per heavy atom. The molecule has 1 saturated heterocycles. The molecule has 1 fully saturated rings. The molecule has 0 aliphatic carbocycles. The summed E-state index contributed by atoms with van der Waals surface area (Å²) in [6.07, 6.45) is 0. The number of piperidine rings is 1. The molecule has 0 radical (unpaired) electrons. The Morgan fingerprint density at radius 2 is 1.82 bits per heavy atom. The Bertz CT molecular complexity index is 349. The minimum Gasteiger partial charge on any atom is -0.326 e. The monoisotopic (exact) mass is 232 g/mol. The molecule has 0 amide bonds. The lowest BCUT2D eigenvalue weighted by Crippen LogP contribution is -2.56. The van der Waals surface area contributed by atoms with E-state index in [-0.39, 0.29) is 0 Å². The van der Waals surface area contributed by atoms with Crippen LogP contribution in [-0.4, -0.2) is 23.5 Å². The Labute approximate surface area is 105 Å². The lowest BCUT2D eigenvalue weighted by atomic mass is 9.81. The molecule has 0 unspecified atom stereocenters. The normalized spacial score (nSPS) is 34.8. The number of hydrogen-bond donors (Lipinski definition) is 1. The molecule has 1 aromatic carbocycles. The average Bonchev–Trinajstić information content (AvgIpc) is 2.35. The fraction of sp³-hybridized carbons (Fsp3) is 0.600. The van der Waals surface area contributed by atoms with Gasteiger partial charge in [-0.25, -0.2) is 0 Å². The Morgan fingerprint density at radius 1 is 1.18 bits per heavy atom. The van der Waals surface area contributed by atoms with Crippen LogP contribution in [0.5, 0.6) is 0 Å². The zero-order valence-electron chi connectivity index (χ0n) is 11.1. The van der Waals surface area contributed by atoms with Crippen molar-refractivity contribution in [1.82, 2.24) is 4.90 Å². The van der Waals surface area contributed by atoms with Crippen molar-refractivity contribution in [3.63, 3.8) is 0 Å². The summed E-state index contributed by atoms with van der Waals surface area (Å²) < 4.78 is 0. The van der Waals surface area contributed by atoms with Gasteiger partial charge in [0, 0.05) is 25.2 Å². The van der Waals surface area contributed by atoms with Crippen molar-refractivity contribution in [1.29, 1.82) is 0 Å². The molecular weight excluding hydrogens is 208 g/mol. The SMILES string of the molecule is C[C@H]1[C@@H](N)[C@@H](C)N(Cc2ccccc2)C[C@H]1C. The zero-order valence-corrected chi connectivity index (χ0v) is 11.1. The number of rotatable bonds is 2. The first-order valence-corrected chi connectivity index (χ1v) is 6.63. The summed E-state index contributed by atoms with van der Waals surface area (Å²) in [6.45, 7) is 9.04. The van der Waals surface area contributed by atoms with Crippen molar-refractivity contribution >= 4 is 0 Å². The van der Waals surface area contributed by atoms with Crippen LogP contribution in [-0.2, 0) is 6.54 Å². The van der Waals surface area contributed by atoms with Gasteiger partial charge in [-0.1, -0.05) is 44.2 Å². The van der Waals surface area contributed by atoms with Crippen molar-refractivity contribution in [3.05, 3.63) is 35.9 Å². The van der Waals surface area contributed by atoms with Gasteiger partial charge in [-0.2, -0.15) is 0 Å². The molecule has 17 heavy (non-hydrogen) atoms. The molecule has 1 heterocycles. The van der Waals surface area contributed by atoms with Crippen molar-refractivity contribution in [2.24, 2.45) is 17.6 Å². The number of nitrogens with zero attached hydrogens (tertiary/aromatic N) is 1. The quantitative estimate of drug-likeness (QED) is 0.849. The van der Waals surface area contributed by atoms with Crippen molar-refractivity contribution in [3.8, 4) is 0 Å². The van der Waals surface area contributed by atoms with E-state index in [1.165, 1.54) is 5.56 Å². The summed E-state index contributed by atoms with van der Waals surface area (Å²) >= 11 is 0. The third-order valence-electron chi connectivity index (χ3n) is 4.39. The highest BCUT2D eigenvalue weighted by molar-refractivity contribution is 5.15. The van der Waals surface area contributed by atoms with Crippen LogP contribution in [0.15, 0.2) is 30.3 Å². The van der Waals surface area contributed by atoms with E-state index in [2.05, 4.69) is 56.0 Å². The standard InChI is InChI=1S/C15H24N2/c1-11-9-17(13(3)15(16)12(11)2)10-14-7-5-4-6-8-14/h4-8,11-13,15H,9-10,16H2,1-3H3/t11-,12-,13-,15-/m1/s1. The average molecular weight is 232 g/mol. The molecule has 0 aromatic heterocycles. The second-order valence-corrected chi connectivity index (χ2v) is 5.57. The molecule has 0 saturated carbocycles. The van der Waals surface area contributed by atoms with Crippen LogP contribution in [0.25, 0.3) is 0 Å². The Kier molecular flexibility index (Phi) is 3.85. The van der Waals surface area contributed by atoms with E-state index < -0.39 is 0 Å².